The molecule has 5 nitrogen and oxygen atoms in total. The number of halogens is 4. The maximum Gasteiger partial charge on any atom is 0.416 e. The van der Waals surface area contributed by atoms with E-state index in [4.69, 9.17) is 4.74 Å². The first kappa shape index (κ1) is 26.5. The Morgan fingerprint density at radius 2 is 1.75 bits per heavy atom. The number of nitrogens with one attached hydrogen (secondary N) is 1. The molecule has 0 saturated carbocycles. The number of hydrogen-bond acceptors (Lipinski definition) is 3. The molecule has 0 aliphatic rings. The van der Waals surface area contributed by atoms with E-state index in [-0.39, 0.29) is 18.2 Å². The highest BCUT2D eigenvalue weighted by Gasteiger charge is 2.31. The molecule has 3 aromatic rings. The second-order valence-corrected chi connectivity index (χ2v) is 7.86. The number of carbonyl (C=O) groups is 2. The summed E-state index contributed by atoms with van der Waals surface area (Å²) in [6, 6.07) is 14.2. The summed E-state index contributed by atoms with van der Waals surface area (Å²) in [6.07, 6.45) is -2.76. The van der Waals surface area contributed by atoms with Crippen molar-refractivity contribution in [2.75, 3.05) is 7.11 Å². The maximum absolute atomic E-state index is 14.2. The Morgan fingerprint density at radius 3 is 2.36 bits per heavy atom. The van der Waals surface area contributed by atoms with Crippen LogP contribution in [0.3, 0.4) is 0 Å². The lowest BCUT2D eigenvalue weighted by molar-refractivity contribution is -0.137. The zero-order chi connectivity index (χ0) is 26.5. The van der Waals surface area contributed by atoms with Gasteiger partial charge in [0.2, 0.25) is 0 Å². The van der Waals surface area contributed by atoms with Crippen LogP contribution in [-0.4, -0.2) is 24.1 Å². The molecule has 0 unspecified atom stereocenters. The van der Waals surface area contributed by atoms with E-state index in [1.165, 1.54) is 7.11 Å². The lowest BCUT2D eigenvalue weighted by atomic mass is 9.99. The number of methoxy groups -OCH3 is 1. The summed E-state index contributed by atoms with van der Waals surface area (Å²) in [5.41, 5.74) is 1.37. The third kappa shape index (κ3) is 6.29. The third-order valence-corrected chi connectivity index (χ3v) is 5.48. The van der Waals surface area contributed by atoms with Crippen LogP contribution in [0.1, 0.15) is 40.4 Å². The van der Waals surface area contributed by atoms with E-state index >= 15 is 0 Å². The van der Waals surface area contributed by atoms with E-state index in [9.17, 15) is 32.3 Å². The lowest BCUT2D eigenvalue weighted by Crippen LogP contribution is -2.24. The van der Waals surface area contributed by atoms with Gasteiger partial charge in [-0.15, -0.1) is 0 Å². The molecule has 0 saturated heterocycles. The van der Waals surface area contributed by atoms with Crippen molar-refractivity contribution in [3.8, 4) is 16.9 Å². The van der Waals surface area contributed by atoms with Crippen molar-refractivity contribution in [3.05, 3.63) is 94.3 Å². The number of amides is 1. The zero-order valence-electron chi connectivity index (χ0n) is 19.4. The molecule has 36 heavy (non-hydrogen) atoms. The number of carboxylic acid groups (broad SMARTS) is 1. The summed E-state index contributed by atoms with van der Waals surface area (Å²) < 4.78 is 57.8. The summed E-state index contributed by atoms with van der Waals surface area (Å²) in [6.45, 7) is 1.68. The predicted molar refractivity (Wildman–Crippen MR) is 127 cm³/mol. The van der Waals surface area contributed by atoms with Crippen LogP contribution >= 0.6 is 0 Å². The summed E-state index contributed by atoms with van der Waals surface area (Å²) >= 11 is 0. The van der Waals surface area contributed by atoms with Crippen molar-refractivity contribution in [3.63, 3.8) is 0 Å². The van der Waals surface area contributed by atoms with Crippen molar-refractivity contribution in [2.45, 2.75) is 26.1 Å². The molecule has 0 bridgehead atoms. The highest BCUT2D eigenvalue weighted by molar-refractivity contribution is 5.94. The van der Waals surface area contributed by atoms with Crippen LogP contribution < -0.4 is 10.1 Å². The number of carbonyl (C=O) groups excluding carboxylic acids is 1. The van der Waals surface area contributed by atoms with Gasteiger partial charge >= 0.3 is 12.1 Å². The van der Waals surface area contributed by atoms with Gasteiger partial charge in [0.25, 0.3) is 5.91 Å². The van der Waals surface area contributed by atoms with E-state index in [0.717, 1.165) is 17.2 Å². The van der Waals surface area contributed by atoms with Crippen LogP contribution in [0.15, 0.2) is 66.2 Å². The van der Waals surface area contributed by atoms with Gasteiger partial charge in [-0.05, 0) is 65.6 Å². The lowest BCUT2D eigenvalue weighted by Gasteiger charge is -2.13. The molecule has 0 fully saturated rings. The first-order chi connectivity index (χ1) is 17.0. The standard InChI is InChI=1S/C27H23F4NO4/c1-3-17(26(34)35)11-16-5-4-6-18(12-16)19-7-10-24(36-2)20(13-19)15-32-25(33)22-9-8-21(14-23(22)28)27(29,30)31/h4-14H,3,15H2,1-2H3,(H,32,33)(H,34,35). The maximum atomic E-state index is 14.2. The van der Waals surface area contributed by atoms with Crippen LogP contribution in [-0.2, 0) is 17.5 Å². The Hall–Kier alpha value is -4.14. The molecule has 0 atom stereocenters. The molecule has 1 amide bonds. The SMILES string of the molecule is CCC(=Cc1cccc(-c2ccc(OC)c(CNC(=O)c3ccc(C(F)(F)F)cc3F)c2)c1)C(=O)O. The smallest absolute Gasteiger partial charge is 0.416 e. The molecule has 188 valence electrons. The zero-order valence-corrected chi connectivity index (χ0v) is 19.4. The van der Waals surface area contributed by atoms with Crippen molar-refractivity contribution in [1.82, 2.24) is 5.32 Å². The molecule has 3 rings (SSSR count). The number of alkyl halides is 3. The van der Waals surface area contributed by atoms with Crippen LogP contribution in [0.2, 0.25) is 0 Å². The van der Waals surface area contributed by atoms with Crippen LogP contribution in [0, 0.1) is 5.82 Å². The minimum absolute atomic E-state index is 0.0745. The Bertz CT molecular complexity index is 1320. The number of hydrogen-bond donors (Lipinski definition) is 2. The fourth-order valence-electron chi connectivity index (χ4n) is 3.57. The number of ether oxygens (including phenoxy) is 1. The van der Waals surface area contributed by atoms with Crippen molar-refractivity contribution < 1.29 is 37.0 Å². The predicted octanol–water partition coefficient (Wildman–Crippen LogP) is 6.33. The van der Waals surface area contributed by atoms with E-state index in [1.807, 2.05) is 12.1 Å². The van der Waals surface area contributed by atoms with Gasteiger partial charge in [-0.1, -0.05) is 31.2 Å². The van der Waals surface area contributed by atoms with Crippen molar-refractivity contribution >= 4 is 18.0 Å². The summed E-state index contributed by atoms with van der Waals surface area (Å²) in [5, 5.41) is 11.8. The molecule has 0 spiro atoms. The van der Waals surface area contributed by atoms with Gasteiger partial charge in [0, 0.05) is 17.7 Å². The minimum atomic E-state index is -4.72. The second kappa shape index (κ2) is 11.1. The molecule has 3 aromatic carbocycles. The quantitative estimate of drug-likeness (QED) is 0.280. The van der Waals surface area contributed by atoms with Gasteiger partial charge < -0.3 is 15.2 Å². The average Bonchev–Trinajstić information content (AvgIpc) is 2.85. The fourth-order valence-corrected chi connectivity index (χ4v) is 3.57. The topological polar surface area (TPSA) is 75.6 Å². The molecule has 2 N–H and O–H groups in total. The molecule has 9 heteroatoms. The van der Waals surface area contributed by atoms with Gasteiger partial charge in [-0.25, -0.2) is 9.18 Å². The Balaban J connectivity index is 1.84. The Kier molecular flexibility index (Phi) is 8.14. The number of carboxylic acids is 1. The van der Waals surface area contributed by atoms with Gasteiger partial charge in [0.05, 0.1) is 18.2 Å². The van der Waals surface area contributed by atoms with E-state index < -0.39 is 35.0 Å². The molecular formula is C27H23F4NO4. The summed E-state index contributed by atoms with van der Waals surface area (Å²) in [4.78, 5) is 23.8. The molecular weight excluding hydrogens is 478 g/mol. The van der Waals surface area contributed by atoms with Crippen LogP contribution in [0.5, 0.6) is 5.75 Å². The van der Waals surface area contributed by atoms with Crippen molar-refractivity contribution in [2.24, 2.45) is 0 Å². The average molecular weight is 501 g/mol. The highest BCUT2D eigenvalue weighted by Crippen LogP contribution is 2.31. The highest BCUT2D eigenvalue weighted by atomic mass is 19.4. The van der Waals surface area contributed by atoms with Gasteiger partial charge in [-0.2, -0.15) is 13.2 Å². The molecule has 0 aromatic heterocycles. The number of rotatable bonds is 8. The second-order valence-electron chi connectivity index (χ2n) is 7.86. The first-order valence-electron chi connectivity index (χ1n) is 10.9. The monoisotopic (exact) mass is 501 g/mol. The molecule has 0 aliphatic heterocycles. The minimum Gasteiger partial charge on any atom is -0.496 e. The van der Waals surface area contributed by atoms with Crippen molar-refractivity contribution in [1.29, 1.82) is 0 Å². The first-order valence-corrected chi connectivity index (χ1v) is 10.9. The number of aliphatic carboxylic acids is 1. The van der Waals surface area contributed by atoms with Gasteiger partial charge in [0.1, 0.15) is 11.6 Å². The number of benzene rings is 3. The normalized spacial score (nSPS) is 11.8. The van der Waals surface area contributed by atoms with Crippen LogP contribution in [0.4, 0.5) is 17.6 Å². The largest absolute Gasteiger partial charge is 0.496 e. The summed E-state index contributed by atoms with van der Waals surface area (Å²) in [7, 11) is 1.44. The summed E-state index contributed by atoms with van der Waals surface area (Å²) in [5.74, 6) is -2.70. The Morgan fingerprint density at radius 1 is 1.03 bits per heavy atom. The fraction of sp³-hybridized carbons (Fsp3) is 0.185. The van der Waals surface area contributed by atoms with E-state index in [2.05, 4.69) is 5.32 Å². The Labute approximate surface area is 205 Å². The third-order valence-electron chi connectivity index (χ3n) is 5.48. The van der Waals surface area contributed by atoms with E-state index in [0.29, 0.717) is 29.4 Å². The molecule has 0 aliphatic carbocycles. The van der Waals surface area contributed by atoms with Crippen LogP contribution in [0.25, 0.3) is 17.2 Å². The van der Waals surface area contributed by atoms with E-state index in [1.54, 1.807) is 43.3 Å². The van der Waals surface area contributed by atoms with Gasteiger partial charge in [-0.3, -0.25) is 4.79 Å². The molecule has 0 heterocycles. The molecule has 0 radical (unpaired) electrons. The van der Waals surface area contributed by atoms with Gasteiger partial charge in [0.15, 0.2) is 0 Å².